The zero-order valence-electron chi connectivity index (χ0n) is 17.6. The van der Waals surface area contributed by atoms with Gasteiger partial charge in [-0.3, -0.25) is 4.99 Å². The molecule has 0 bridgehead atoms. The minimum atomic E-state index is -0.269. The number of halogens is 2. The average Bonchev–Trinajstić information content (AvgIpc) is 2.73. The highest BCUT2D eigenvalue weighted by atomic mass is 127. The number of thioether (sulfide) groups is 1. The van der Waals surface area contributed by atoms with Crippen molar-refractivity contribution in [2.75, 3.05) is 33.2 Å². The summed E-state index contributed by atoms with van der Waals surface area (Å²) in [6.07, 6.45) is 2.68. The van der Waals surface area contributed by atoms with E-state index in [1.807, 2.05) is 14.0 Å². The Labute approximate surface area is 199 Å². The minimum absolute atomic E-state index is 0. The molecule has 0 spiro atoms. The van der Waals surface area contributed by atoms with Gasteiger partial charge >= 0.3 is 0 Å². The predicted molar refractivity (Wildman–Crippen MR) is 131 cm³/mol. The van der Waals surface area contributed by atoms with Crippen LogP contribution in [-0.2, 0) is 24.3 Å². The van der Waals surface area contributed by atoms with Crippen LogP contribution in [0.15, 0.2) is 46.3 Å². The minimum Gasteiger partial charge on any atom is -0.467 e. The maximum Gasteiger partial charge on any atom is 0.193 e. The number of hydrogen-bond acceptors (Lipinski definition) is 4. The predicted octanol–water partition coefficient (Wildman–Crippen LogP) is 4.67. The average molecular weight is 545 g/mol. The van der Waals surface area contributed by atoms with E-state index in [2.05, 4.69) is 40.7 Å². The number of nitrogens with one attached hydrogen (secondary N) is 1. The van der Waals surface area contributed by atoms with Crippen molar-refractivity contribution in [2.24, 2.45) is 4.99 Å². The number of ether oxygens (including phenoxy) is 2. The van der Waals surface area contributed by atoms with Gasteiger partial charge in [0.25, 0.3) is 0 Å². The second kappa shape index (κ2) is 12.4. The quantitative estimate of drug-likeness (QED) is 0.237. The Kier molecular flexibility index (Phi) is 10.2. The van der Waals surface area contributed by atoms with E-state index in [9.17, 15) is 4.39 Å². The molecule has 1 aliphatic rings. The first-order chi connectivity index (χ1) is 14.1. The fraction of sp³-hybridized carbons (Fsp3) is 0.409. The first-order valence-electron chi connectivity index (χ1n) is 9.75. The molecule has 0 aliphatic carbocycles. The maximum atomic E-state index is 13.9. The van der Waals surface area contributed by atoms with Gasteiger partial charge in [0.15, 0.2) is 12.8 Å². The molecular formula is C22H29FIN3O2S. The molecular weight excluding hydrogens is 516 g/mol. The van der Waals surface area contributed by atoms with Crippen LogP contribution in [0.5, 0.6) is 5.75 Å². The Hall–Kier alpha value is -1.52. The molecule has 1 heterocycles. The third-order valence-corrected chi connectivity index (χ3v) is 5.41. The molecule has 8 heteroatoms. The number of rotatable bonds is 7. The Bertz CT molecular complexity index is 849. The number of aliphatic imine (C=N–C) groups is 1. The van der Waals surface area contributed by atoms with Crippen LogP contribution >= 0.6 is 35.7 Å². The first kappa shape index (κ1) is 24.7. The zero-order valence-corrected chi connectivity index (χ0v) is 20.8. The van der Waals surface area contributed by atoms with Crippen LogP contribution in [0.2, 0.25) is 0 Å². The second-order valence-electron chi connectivity index (χ2n) is 6.85. The normalized spacial score (nSPS) is 13.1. The largest absolute Gasteiger partial charge is 0.467 e. The van der Waals surface area contributed by atoms with Crippen molar-refractivity contribution < 1.29 is 13.9 Å². The molecule has 2 aromatic rings. The van der Waals surface area contributed by atoms with E-state index in [0.717, 1.165) is 35.9 Å². The van der Waals surface area contributed by atoms with Gasteiger partial charge in [-0.1, -0.05) is 12.1 Å². The molecule has 0 amide bonds. The number of nitrogens with zero attached hydrogens (tertiary/aromatic N) is 2. The molecule has 0 radical (unpaired) electrons. The summed E-state index contributed by atoms with van der Waals surface area (Å²) in [6, 6.07) is 11.6. The Morgan fingerprint density at radius 3 is 2.73 bits per heavy atom. The fourth-order valence-corrected chi connectivity index (χ4v) is 3.68. The Morgan fingerprint density at radius 1 is 1.27 bits per heavy atom. The lowest BCUT2D eigenvalue weighted by Gasteiger charge is -2.23. The molecule has 3 rings (SSSR count). The molecule has 0 aromatic heterocycles. The molecule has 0 fully saturated rings. The van der Waals surface area contributed by atoms with Crippen LogP contribution in [-0.4, -0.2) is 44.0 Å². The lowest BCUT2D eigenvalue weighted by atomic mass is 10.1. The van der Waals surface area contributed by atoms with E-state index in [1.54, 1.807) is 11.8 Å². The molecule has 1 aliphatic heterocycles. The topological polar surface area (TPSA) is 46.1 Å². The monoisotopic (exact) mass is 545 g/mol. The van der Waals surface area contributed by atoms with Crippen LogP contribution in [0.1, 0.15) is 23.6 Å². The van der Waals surface area contributed by atoms with Crippen LogP contribution in [0.4, 0.5) is 4.39 Å². The number of hydrogen-bond donors (Lipinski definition) is 1. The van der Waals surface area contributed by atoms with Gasteiger partial charge in [-0.15, -0.1) is 35.7 Å². The van der Waals surface area contributed by atoms with Gasteiger partial charge in [-0.2, -0.15) is 0 Å². The standard InChI is InChI=1S/C22H28FN3O2S.HI/c1-4-24-22(26(2)13-16-5-7-20(29-3)8-6-16)25-10-9-17-11-19(23)12-18-14-27-15-28-21(17)18;/h5-8,11-12H,4,9-10,13-15H2,1-3H3,(H,24,25);1H. The number of benzene rings is 2. The third kappa shape index (κ3) is 6.75. The number of guanidine groups is 1. The zero-order chi connectivity index (χ0) is 20.6. The van der Waals surface area contributed by atoms with E-state index in [-0.39, 0.29) is 36.6 Å². The number of fused-ring (bicyclic) bond motifs is 1. The van der Waals surface area contributed by atoms with E-state index in [0.29, 0.717) is 19.6 Å². The van der Waals surface area contributed by atoms with Crippen LogP contribution < -0.4 is 10.1 Å². The second-order valence-corrected chi connectivity index (χ2v) is 7.73. The molecule has 1 N–H and O–H groups in total. The van der Waals surface area contributed by atoms with E-state index < -0.39 is 0 Å². The molecule has 30 heavy (non-hydrogen) atoms. The van der Waals surface area contributed by atoms with Crippen molar-refractivity contribution in [3.63, 3.8) is 0 Å². The highest BCUT2D eigenvalue weighted by molar-refractivity contribution is 14.0. The fourth-order valence-electron chi connectivity index (χ4n) is 3.27. The summed E-state index contributed by atoms with van der Waals surface area (Å²) in [5.41, 5.74) is 2.81. The van der Waals surface area contributed by atoms with Crippen LogP contribution in [0.25, 0.3) is 0 Å². The first-order valence-corrected chi connectivity index (χ1v) is 11.0. The van der Waals surface area contributed by atoms with Crippen molar-refractivity contribution in [3.8, 4) is 5.75 Å². The molecule has 0 saturated heterocycles. The molecule has 0 unspecified atom stereocenters. The van der Waals surface area contributed by atoms with Gasteiger partial charge in [0.05, 0.1) is 6.61 Å². The van der Waals surface area contributed by atoms with E-state index in [4.69, 9.17) is 14.5 Å². The van der Waals surface area contributed by atoms with Crippen molar-refractivity contribution >= 4 is 41.7 Å². The summed E-state index contributed by atoms with van der Waals surface area (Å²) in [4.78, 5) is 8.09. The summed E-state index contributed by atoms with van der Waals surface area (Å²) in [5, 5.41) is 3.33. The van der Waals surface area contributed by atoms with Gasteiger partial charge in [-0.25, -0.2) is 4.39 Å². The SMILES string of the molecule is CCNC(=NCCc1cc(F)cc2c1OCOC2)N(C)Cc1ccc(SC)cc1.I. The smallest absolute Gasteiger partial charge is 0.193 e. The van der Waals surface area contributed by atoms with Crippen molar-refractivity contribution in [1.82, 2.24) is 10.2 Å². The Morgan fingerprint density at radius 2 is 2.03 bits per heavy atom. The van der Waals surface area contributed by atoms with Gasteiger partial charge in [-0.05, 0) is 55.0 Å². The summed E-state index contributed by atoms with van der Waals surface area (Å²) in [5.74, 6) is 1.30. The maximum absolute atomic E-state index is 13.9. The van der Waals surface area contributed by atoms with E-state index >= 15 is 0 Å². The molecule has 0 atom stereocenters. The molecule has 2 aromatic carbocycles. The van der Waals surface area contributed by atoms with Crippen molar-refractivity contribution in [1.29, 1.82) is 0 Å². The van der Waals surface area contributed by atoms with Crippen LogP contribution in [0.3, 0.4) is 0 Å². The van der Waals surface area contributed by atoms with Gasteiger partial charge in [0.2, 0.25) is 0 Å². The summed E-state index contributed by atoms with van der Waals surface area (Å²) in [6.45, 7) is 4.71. The molecule has 0 saturated carbocycles. The highest BCUT2D eigenvalue weighted by Gasteiger charge is 2.17. The summed E-state index contributed by atoms with van der Waals surface area (Å²) >= 11 is 1.74. The van der Waals surface area contributed by atoms with Gasteiger partial charge < -0.3 is 19.7 Å². The lowest BCUT2D eigenvalue weighted by molar-refractivity contribution is -0.0172. The molecule has 5 nitrogen and oxygen atoms in total. The van der Waals surface area contributed by atoms with Crippen molar-refractivity contribution in [2.45, 2.75) is 31.4 Å². The lowest BCUT2D eigenvalue weighted by Crippen LogP contribution is -2.38. The van der Waals surface area contributed by atoms with E-state index in [1.165, 1.54) is 22.6 Å². The third-order valence-electron chi connectivity index (χ3n) is 4.67. The van der Waals surface area contributed by atoms with Crippen molar-refractivity contribution in [3.05, 3.63) is 58.9 Å². The summed E-state index contributed by atoms with van der Waals surface area (Å²) < 4.78 is 24.8. The molecule has 164 valence electrons. The summed E-state index contributed by atoms with van der Waals surface area (Å²) in [7, 11) is 2.02. The van der Waals surface area contributed by atoms with Gasteiger partial charge in [0, 0.05) is 37.1 Å². The highest BCUT2D eigenvalue weighted by Crippen LogP contribution is 2.29. The van der Waals surface area contributed by atoms with Gasteiger partial charge in [0.1, 0.15) is 11.6 Å². The van der Waals surface area contributed by atoms with Crippen LogP contribution in [0, 0.1) is 5.82 Å². The Balaban J connectivity index is 0.00000320.